The van der Waals surface area contributed by atoms with Crippen molar-refractivity contribution in [1.82, 2.24) is 0 Å². The predicted octanol–water partition coefficient (Wildman–Crippen LogP) is 2.01. The van der Waals surface area contributed by atoms with Gasteiger partial charge in [0.15, 0.2) is 0 Å². The molecule has 1 aromatic rings. The second-order valence-electron chi connectivity index (χ2n) is 3.40. The highest BCUT2D eigenvalue weighted by Crippen LogP contribution is 2.23. The molecule has 1 aliphatic rings. The van der Waals surface area contributed by atoms with E-state index in [0.29, 0.717) is 0 Å². The summed E-state index contributed by atoms with van der Waals surface area (Å²) in [5, 5.41) is 0. The summed E-state index contributed by atoms with van der Waals surface area (Å²) >= 11 is 0. The molecule has 1 aliphatic heterocycles. The summed E-state index contributed by atoms with van der Waals surface area (Å²) < 4.78 is 12.8. The molecule has 0 saturated carbocycles. The van der Waals surface area contributed by atoms with E-state index in [9.17, 15) is 4.39 Å². The summed E-state index contributed by atoms with van der Waals surface area (Å²) in [4.78, 5) is 2.23. The van der Waals surface area contributed by atoms with Gasteiger partial charge in [-0.05, 0) is 31.0 Å². The lowest BCUT2D eigenvalue weighted by atomic mass is 10.2. The van der Waals surface area contributed by atoms with Crippen molar-refractivity contribution in [2.45, 2.75) is 12.8 Å². The molecule has 0 bridgehead atoms. The van der Waals surface area contributed by atoms with E-state index in [1.165, 1.54) is 18.9 Å². The van der Waals surface area contributed by atoms with Crippen LogP contribution in [-0.4, -0.2) is 13.1 Å². The number of nitrogens with zero attached hydrogens (tertiary/aromatic N) is 1. The third kappa shape index (κ3) is 1.59. The minimum atomic E-state index is -0.331. The van der Waals surface area contributed by atoms with Crippen molar-refractivity contribution in [3.8, 4) is 0 Å². The van der Waals surface area contributed by atoms with Crippen molar-refractivity contribution in [3.05, 3.63) is 24.0 Å². The molecule has 0 unspecified atom stereocenters. The maximum atomic E-state index is 12.8. The van der Waals surface area contributed by atoms with Gasteiger partial charge in [0.05, 0.1) is 5.69 Å². The second-order valence-corrected chi connectivity index (χ2v) is 3.40. The highest BCUT2D eigenvalue weighted by atomic mass is 19.1. The van der Waals surface area contributed by atoms with Crippen molar-refractivity contribution in [3.63, 3.8) is 0 Å². The molecule has 2 rings (SSSR count). The zero-order valence-corrected chi connectivity index (χ0v) is 7.46. The van der Waals surface area contributed by atoms with Crippen molar-refractivity contribution in [2.24, 2.45) is 0 Å². The summed E-state index contributed by atoms with van der Waals surface area (Å²) in [5.41, 5.74) is 6.77. The zero-order chi connectivity index (χ0) is 9.26. The Hall–Kier alpha value is -1.25. The van der Waals surface area contributed by atoms with E-state index < -0.39 is 0 Å². The maximum Gasteiger partial charge on any atom is 0.146 e. The summed E-state index contributed by atoms with van der Waals surface area (Å²) in [6, 6.07) is 4.93. The highest BCUT2D eigenvalue weighted by molar-refractivity contribution is 5.57. The smallest absolute Gasteiger partial charge is 0.146 e. The molecule has 1 aromatic carbocycles. The van der Waals surface area contributed by atoms with Gasteiger partial charge in [-0.15, -0.1) is 0 Å². The number of hydrogen-bond donors (Lipinski definition) is 1. The average molecular weight is 180 g/mol. The molecule has 70 valence electrons. The van der Waals surface area contributed by atoms with Crippen LogP contribution in [0, 0.1) is 5.82 Å². The van der Waals surface area contributed by atoms with Gasteiger partial charge in [0.25, 0.3) is 0 Å². The van der Waals surface area contributed by atoms with Gasteiger partial charge in [-0.2, -0.15) is 0 Å². The Balaban J connectivity index is 2.25. The van der Waals surface area contributed by atoms with Crippen LogP contribution in [-0.2, 0) is 0 Å². The molecule has 1 saturated heterocycles. The molecule has 0 atom stereocenters. The van der Waals surface area contributed by atoms with Gasteiger partial charge in [-0.1, -0.05) is 0 Å². The van der Waals surface area contributed by atoms with Crippen LogP contribution in [0.3, 0.4) is 0 Å². The van der Waals surface area contributed by atoms with E-state index in [4.69, 9.17) is 5.73 Å². The molecule has 2 nitrogen and oxygen atoms in total. The Morgan fingerprint density at radius 3 is 2.54 bits per heavy atom. The normalized spacial score (nSPS) is 16.5. The van der Waals surface area contributed by atoms with E-state index in [-0.39, 0.29) is 11.5 Å². The molecule has 1 heterocycles. The number of hydrogen-bond acceptors (Lipinski definition) is 2. The van der Waals surface area contributed by atoms with Crippen LogP contribution < -0.4 is 10.6 Å². The summed E-state index contributed by atoms with van der Waals surface area (Å²) in [6.45, 7) is 2.12. The second kappa shape index (κ2) is 3.24. The average Bonchev–Trinajstić information content (AvgIpc) is 2.62. The zero-order valence-electron chi connectivity index (χ0n) is 7.46. The first-order chi connectivity index (χ1) is 6.27. The first kappa shape index (κ1) is 8.35. The van der Waals surface area contributed by atoms with Crippen molar-refractivity contribution < 1.29 is 4.39 Å². The van der Waals surface area contributed by atoms with Crippen LogP contribution in [0.25, 0.3) is 0 Å². The summed E-state index contributed by atoms with van der Waals surface area (Å²) in [6.07, 6.45) is 2.44. The van der Waals surface area contributed by atoms with Gasteiger partial charge in [0.1, 0.15) is 5.82 Å². The van der Waals surface area contributed by atoms with E-state index in [1.807, 2.05) is 0 Å². The van der Waals surface area contributed by atoms with Gasteiger partial charge < -0.3 is 10.6 Å². The standard InChI is InChI=1S/C10H13FN2/c11-9-4-3-8(7-10(9)12)13-5-1-2-6-13/h3-4,7H,1-2,5-6,12H2. The number of halogens is 1. The Labute approximate surface area is 77.2 Å². The van der Waals surface area contributed by atoms with Crippen molar-refractivity contribution in [2.75, 3.05) is 23.7 Å². The topological polar surface area (TPSA) is 29.3 Å². The molecule has 13 heavy (non-hydrogen) atoms. The van der Waals surface area contributed by atoms with Crippen LogP contribution in [0.1, 0.15) is 12.8 Å². The number of nitrogens with two attached hydrogens (primary N) is 1. The predicted molar refractivity (Wildman–Crippen MR) is 52.3 cm³/mol. The SMILES string of the molecule is Nc1cc(N2CCCC2)ccc1F. The monoisotopic (exact) mass is 180 g/mol. The third-order valence-corrected chi connectivity index (χ3v) is 2.45. The minimum absolute atomic E-state index is 0.240. The van der Waals surface area contributed by atoms with Crippen LogP contribution in [0.4, 0.5) is 15.8 Å². The number of rotatable bonds is 1. The molecule has 3 heteroatoms. The van der Waals surface area contributed by atoms with Crippen LogP contribution >= 0.6 is 0 Å². The van der Waals surface area contributed by atoms with Gasteiger partial charge in [0.2, 0.25) is 0 Å². The quantitative estimate of drug-likeness (QED) is 0.670. The van der Waals surface area contributed by atoms with Crippen LogP contribution in [0.2, 0.25) is 0 Å². The number of benzene rings is 1. The Morgan fingerprint density at radius 1 is 1.23 bits per heavy atom. The first-order valence-electron chi connectivity index (χ1n) is 4.57. The van der Waals surface area contributed by atoms with Crippen molar-refractivity contribution in [1.29, 1.82) is 0 Å². The Morgan fingerprint density at radius 2 is 1.92 bits per heavy atom. The first-order valence-corrected chi connectivity index (χ1v) is 4.57. The lowest BCUT2D eigenvalue weighted by Gasteiger charge is -2.17. The van der Waals surface area contributed by atoms with Gasteiger partial charge in [0, 0.05) is 18.8 Å². The minimum Gasteiger partial charge on any atom is -0.396 e. The molecule has 0 spiro atoms. The van der Waals surface area contributed by atoms with Gasteiger partial charge in [-0.25, -0.2) is 4.39 Å². The highest BCUT2D eigenvalue weighted by Gasteiger charge is 2.12. The molecule has 0 radical (unpaired) electrons. The van der Waals surface area contributed by atoms with Gasteiger partial charge in [-0.3, -0.25) is 0 Å². The van der Waals surface area contributed by atoms with Crippen LogP contribution in [0.15, 0.2) is 18.2 Å². The Bertz CT molecular complexity index is 306. The molecule has 2 N–H and O–H groups in total. The van der Waals surface area contributed by atoms with Crippen molar-refractivity contribution >= 4 is 11.4 Å². The Kier molecular flexibility index (Phi) is 2.08. The maximum absolute atomic E-state index is 12.8. The molecule has 0 aliphatic carbocycles. The lowest BCUT2D eigenvalue weighted by Crippen LogP contribution is -2.17. The van der Waals surface area contributed by atoms with Crippen LogP contribution in [0.5, 0.6) is 0 Å². The van der Waals surface area contributed by atoms with E-state index in [0.717, 1.165) is 18.8 Å². The third-order valence-electron chi connectivity index (χ3n) is 2.45. The molecular formula is C10H13FN2. The van der Waals surface area contributed by atoms with E-state index in [2.05, 4.69) is 4.90 Å². The fourth-order valence-electron chi connectivity index (χ4n) is 1.70. The molecule has 1 fully saturated rings. The van der Waals surface area contributed by atoms with Gasteiger partial charge >= 0.3 is 0 Å². The molecule has 0 amide bonds. The van der Waals surface area contributed by atoms with E-state index >= 15 is 0 Å². The molecular weight excluding hydrogens is 167 g/mol. The summed E-state index contributed by atoms with van der Waals surface area (Å²) in [7, 11) is 0. The number of nitrogen functional groups attached to an aromatic ring is 1. The largest absolute Gasteiger partial charge is 0.396 e. The lowest BCUT2D eigenvalue weighted by molar-refractivity contribution is 0.632. The fourth-order valence-corrected chi connectivity index (χ4v) is 1.70. The fraction of sp³-hybridized carbons (Fsp3) is 0.400. The number of anilines is 2. The molecule has 0 aromatic heterocycles. The summed E-state index contributed by atoms with van der Waals surface area (Å²) in [5.74, 6) is -0.331. The van der Waals surface area contributed by atoms with E-state index in [1.54, 1.807) is 12.1 Å².